The standard InChI is InChI=1S/C23H22N4O4/c1-14-16(23(28)26-18-7-5-6-8-19(18)29-2)12-24-22-17(13-25-27(14)22)15-9-10-20(30-3)21(11-15)31-4/h5-13H,1-4H3,(H,26,28). The van der Waals surface area contributed by atoms with Gasteiger partial charge in [-0.05, 0) is 36.8 Å². The van der Waals surface area contributed by atoms with E-state index in [0.717, 1.165) is 11.1 Å². The van der Waals surface area contributed by atoms with Crippen LogP contribution in [0, 0.1) is 6.92 Å². The Morgan fingerprint density at radius 1 is 0.935 bits per heavy atom. The zero-order chi connectivity index (χ0) is 22.0. The molecule has 4 aromatic rings. The van der Waals surface area contributed by atoms with Gasteiger partial charge in [-0.25, -0.2) is 9.50 Å². The molecule has 0 radical (unpaired) electrons. The van der Waals surface area contributed by atoms with E-state index in [1.807, 2.05) is 37.3 Å². The molecular weight excluding hydrogens is 396 g/mol. The Morgan fingerprint density at radius 2 is 1.68 bits per heavy atom. The van der Waals surface area contributed by atoms with Gasteiger partial charge in [0.05, 0.1) is 44.5 Å². The molecule has 31 heavy (non-hydrogen) atoms. The number of hydrogen-bond acceptors (Lipinski definition) is 6. The molecule has 0 fully saturated rings. The minimum absolute atomic E-state index is 0.292. The molecule has 0 aliphatic heterocycles. The first-order chi connectivity index (χ1) is 15.1. The fourth-order valence-corrected chi connectivity index (χ4v) is 3.41. The third-order valence-corrected chi connectivity index (χ3v) is 5.06. The predicted octanol–water partition coefficient (Wildman–Crippen LogP) is 3.98. The summed E-state index contributed by atoms with van der Waals surface area (Å²) in [7, 11) is 4.74. The van der Waals surface area contributed by atoms with Crippen molar-refractivity contribution in [3.63, 3.8) is 0 Å². The zero-order valence-electron chi connectivity index (χ0n) is 17.7. The number of amides is 1. The van der Waals surface area contributed by atoms with Crippen LogP contribution in [0.25, 0.3) is 16.8 Å². The predicted molar refractivity (Wildman–Crippen MR) is 117 cm³/mol. The van der Waals surface area contributed by atoms with Crippen molar-refractivity contribution in [2.24, 2.45) is 0 Å². The van der Waals surface area contributed by atoms with Gasteiger partial charge in [-0.2, -0.15) is 5.10 Å². The molecule has 2 heterocycles. The molecule has 8 heteroatoms. The number of nitrogens with zero attached hydrogens (tertiary/aromatic N) is 3. The molecule has 0 saturated carbocycles. The lowest BCUT2D eigenvalue weighted by molar-refractivity contribution is 0.102. The molecule has 2 aromatic heterocycles. The Labute approximate surface area is 179 Å². The largest absolute Gasteiger partial charge is 0.495 e. The summed E-state index contributed by atoms with van der Waals surface area (Å²) in [4.78, 5) is 17.4. The minimum Gasteiger partial charge on any atom is -0.495 e. The normalized spacial score (nSPS) is 10.7. The van der Waals surface area contributed by atoms with Crippen LogP contribution >= 0.6 is 0 Å². The molecule has 1 N–H and O–H groups in total. The van der Waals surface area contributed by atoms with Crippen LogP contribution in [0.3, 0.4) is 0 Å². The van der Waals surface area contributed by atoms with Gasteiger partial charge in [0.2, 0.25) is 0 Å². The van der Waals surface area contributed by atoms with E-state index < -0.39 is 0 Å². The maximum absolute atomic E-state index is 12.9. The quantitative estimate of drug-likeness (QED) is 0.510. The molecule has 0 bridgehead atoms. The lowest BCUT2D eigenvalue weighted by Gasteiger charge is -2.12. The van der Waals surface area contributed by atoms with Crippen molar-refractivity contribution >= 4 is 17.2 Å². The number of anilines is 1. The van der Waals surface area contributed by atoms with E-state index >= 15 is 0 Å². The molecule has 0 aliphatic carbocycles. The number of carbonyl (C=O) groups is 1. The van der Waals surface area contributed by atoms with Gasteiger partial charge in [-0.15, -0.1) is 0 Å². The number of para-hydroxylation sites is 2. The van der Waals surface area contributed by atoms with Gasteiger partial charge in [0.25, 0.3) is 5.91 Å². The summed E-state index contributed by atoms with van der Waals surface area (Å²) in [6.07, 6.45) is 3.28. The summed E-state index contributed by atoms with van der Waals surface area (Å²) in [6, 6.07) is 12.8. The highest BCUT2D eigenvalue weighted by atomic mass is 16.5. The number of methoxy groups -OCH3 is 3. The smallest absolute Gasteiger partial charge is 0.259 e. The van der Waals surface area contributed by atoms with Gasteiger partial charge < -0.3 is 19.5 Å². The molecule has 0 unspecified atom stereocenters. The molecule has 8 nitrogen and oxygen atoms in total. The number of ether oxygens (including phenoxy) is 3. The van der Waals surface area contributed by atoms with E-state index in [1.54, 1.807) is 50.4 Å². The first-order valence-corrected chi connectivity index (χ1v) is 9.57. The number of carbonyl (C=O) groups excluding carboxylic acids is 1. The molecule has 158 valence electrons. The molecule has 0 atom stereocenters. The third-order valence-electron chi connectivity index (χ3n) is 5.06. The van der Waals surface area contributed by atoms with Crippen LogP contribution in [-0.2, 0) is 0 Å². The fraction of sp³-hybridized carbons (Fsp3) is 0.174. The van der Waals surface area contributed by atoms with E-state index in [2.05, 4.69) is 15.4 Å². The molecule has 1 amide bonds. The SMILES string of the molecule is COc1ccccc1NC(=O)c1cnc2c(-c3ccc(OC)c(OC)c3)cnn2c1C. The van der Waals surface area contributed by atoms with Crippen molar-refractivity contribution in [1.82, 2.24) is 14.6 Å². The number of nitrogens with one attached hydrogen (secondary N) is 1. The molecule has 0 aliphatic rings. The second kappa shape index (κ2) is 8.35. The second-order valence-corrected chi connectivity index (χ2v) is 6.78. The zero-order valence-corrected chi connectivity index (χ0v) is 17.7. The van der Waals surface area contributed by atoms with E-state index in [0.29, 0.717) is 39.8 Å². The van der Waals surface area contributed by atoms with Gasteiger partial charge in [0, 0.05) is 11.8 Å². The lowest BCUT2D eigenvalue weighted by Crippen LogP contribution is -2.16. The van der Waals surface area contributed by atoms with Gasteiger partial charge in [0.1, 0.15) is 5.75 Å². The number of aromatic nitrogens is 3. The monoisotopic (exact) mass is 418 g/mol. The average molecular weight is 418 g/mol. The van der Waals surface area contributed by atoms with E-state index in [-0.39, 0.29) is 5.91 Å². The summed E-state index contributed by atoms with van der Waals surface area (Å²) in [5.41, 5.74) is 4.01. The van der Waals surface area contributed by atoms with Crippen molar-refractivity contribution < 1.29 is 19.0 Å². The van der Waals surface area contributed by atoms with E-state index in [1.165, 1.54) is 0 Å². The molecule has 4 rings (SSSR count). The number of rotatable bonds is 6. The first kappa shape index (κ1) is 20.2. The fourth-order valence-electron chi connectivity index (χ4n) is 3.41. The van der Waals surface area contributed by atoms with Gasteiger partial charge in [-0.1, -0.05) is 18.2 Å². The van der Waals surface area contributed by atoms with Crippen molar-refractivity contribution in [1.29, 1.82) is 0 Å². The topological polar surface area (TPSA) is 87.0 Å². The van der Waals surface area contributed by atoms with E-state index in [4.69, 9.17) is 14.2 Å². The van der Waals surface area contributed by atoms with Crippen LogP contribution in [0.5, 0.6) is 17.2 Å². The van der Waals surface area contributed by atoms with Gasteiger partial charge >= 0.3 is 0 Å². The number of aryl methyl sites for hydroxylation is 1. The summed E-state index contributed by atoms with van der Waals surface area (Å²) < 4.78 is 17.7. The summed E-state index contributed by atoms with van der Waals surface area (Å²) in [6.45, 7) is 1.83. The number of hydrogen-bond donors (Lipinski definition) is 1. The Morgan fingerprint density at radius 3 is 2.42 bits per heavy atom. The Hall–Kier alpha value is -4.07. The van der Waals surface area contributed by atoms with E-state index in [9.17, 15) is 4.79 Å². The molecule has 0 spiro atoms. The Bertz CT molecular complexity index is 1270. The maximum Gasteiger partial charge on any atom is 0.259 e. The summed E-state index contributed by atoms with van der Waals surface area (Å²) >= 11 is 0. The molecular formula is C23H22N4O4. The third kappa shape index (κ3) is 3.63. The van der Waals surface area contributed by atoms with Crippen LogP contribution in [-0.4, -0.2) is 41.8 Å². The highest BCUT2D eigenvalue weighted by Crippen LogP contribution is 2.34. The highest BCUT2D eigenvalue weighted by Gasteiger charge is 2.18. The van der Waals surface area contributed by atoms with Crippen molar-refractivity contribution in [3.05, 3.63) is 66.1 Å². The number of benzene rings is 2. The van der Waals surface area contributed by atoms with Crippen LogP contribution < -0.4 is 19.5 Å². The lowest BCUT2D eigenvalue weighted by atomic mass is 10.1. The Balaban J connectivity index is 1.71. The van der Waals surface area contributed by atoms with Crippen LogP contribution in [0.4, 0.5) is 5.69 Å². The van der Waals surface area contributed by atoms with Crippen LogP contribution in [0.1, 0.15) is 16.1 Å². The van der Waals surface area contributed by atoms with Crippen LogP contribution in [0.2, 0.25) is 0 Å². The highest BCUT2D eigenvalue weighted by molar-refractivity contribution is 6.05. The molecule has 0 saturated heterocycles. The van der Waals surface area contributed by atoms with Crippen molar-refractivity contribution in [2.75, 3.05) is 26.6 Å². The minimum atomic E-state index is -0.292. The second-order valence-electron chi connectivity index (χ2n) is 6.78. The maximum atomic E-state index is 12.9. The summed E-state index contributed by atoms with van der Waals surface area (Å²) in [5, 5.41) is 7.33. The van der Waals surface area contributed by atoms with Crippen molar-refractivity contribution in [2.45, 2.75) is 6.92 Å². The summed E-state index contributed by atoms with van der Waals surface area (Å²) in [5.74, 6) is 1.54. The van der Waals surface area contributed by atoms with Gasteiger partial charge in [0.15, 0.2) is 17.1 Å². The molecule has 2 aromatic carbocycles. The van der Waals surface area contributed by atoms with Crippen LogP contribution in [0.15, 0.2) is 54.9 Å². The van der Waals surface area contributed by atoms with Crippen molar-refractivity contribution in [3.8, 4) is 28.4 Å². The Kier molecular flexibility index (Phi) is 5.44. The number of fused-ring (bicyclic) bond motifs is 1. The first-order valence-electron chi connectivity index (χ1n) is 9.57. The average Bonchev–Trinajstić information content (AvgIpc) is 3.24. The van der Waals surface area contributed by atoms with Gasteiger partial charge in [-0.3, -0.25) is 4.79 Å².